The summed E-state index contributed by atoms with van der Waals surface area (Å²) >= 11 is 1.76. The molecule has 1 unspecified atom stereocenters. The number of carbonyl (C=O) groups excluding carboxylic acids is 1. The second-order valence-corrected chi connectivity index (χ2v) is 6.86. The Morgan fingerprint density at radius 2 is 1.88 bits per heavy atom. The largest absolute Gasteiger partial charge is 0.497 e. The fraction of sp³-hybridized carbons (Fsp3) is 0.150. The summed E-state index contributed by atoms with van der Waals surface area (Å²) in [6.07, 6.45) is 0.901. The highest BCUT2D eigenvalue weighted by Crippen LogP contribution is 2.50. The number of rotatable bonds is 4. The van der Waals surface area contributed by atoms with Gasteiger partial charge in [0, 0.05) is 22.2 Å². The molecule has 2 heterocycles. The van der Waals surface area contributed by atoms with Crippen LogP contribution in [-0.4, -0.2) is 25.1 Å². The molecule has 4 nitrogen and oxygen atoms in total. The zero-order chi connectivity index (χ0) is 17.4. The van der Waals surface area contributed by atoms with Crippen molar-refractivity contribution in [2.45, 2.75) is 10.1 Å². The molecular weight excluding hydrogens is 334 g/mol. The molecule has 0 radical (unpaired) electrons. The van der Waals surface area contributed by atoms with E-state index in [0.717, 1.165) is 39.6 Å². The average Bonchev–Trinajstić information content (AvgIpc) is 3.11. The van der Waals surface area contributed by atoms with E-state index in [1.54, 1.807) is 26.0 Å². The normalized spacial score (nSPS) is 15.2. The van der Waals surface area contributed by atoms with Crippen LogP contribution >= 0.6 is 11.8 Å². The highest BCUT2D eigenvalue weighted by atomic mass is 32.2. The predicted molar refractivity (Wildman–Crippen MR) is 98.4 cm³/mol. The summed E-state index contributed by atoms with van der Waals surface area (Å²) < 4.78 is 12.9. The Kier molecular flexibility index (Phi) is 4.01. The molecule has 0 amide bonds. The number of carbonyl (C=O) groups is 1. The minimum absolute atomic E-state index is 0.0319. The van der Waals surface area contributed by atoms with Gasteiger partial charge >= 0.3 is 0 Å². The minimum Gasteiger partial charge on any atom is -0.497 e. The molecule has 0 saturated carbocycles. The Morgan fingerprint density at radius 3 is 2.64 bits per heavy atom. The number of benzene rings is 2. The average molecular weight is 351 g/mol. The van der Waals surface area contributed by atoms with Crippen molar-refractivity contribution < 1.29 is 14.3 Å². The van der Waals surface area contributed by atoms with Crippen molar-refractivity contribution in [2.75, 3.05) is 14.2 Å². The van der Waals surface area contributed by atoms with Crippen LogP contribution in [0.5, 0.6) is 11.5 Å². The van der Waals surface area contributed by atoms with Crippen LogP contribution in [0.2, 0.25) is 0 Å². The summed E-state index contributed by atoms with van der Waals surface area (Å²) in [6.45, 7) is 0. The number of nitrogens with zero attached hydrogens (tertiary/aromatic N) is 1. The molecule has 2 aromatic carbocycles. The number of methoxy groups -OCH3 is 2. The maximum absolute atomic E-state index is 11.5. The third-order valence-corrected chi connectivity index (χ3v) is 5.74. The van der Waals surface area contributed by atoms with Crippen molar-refractivity contribution >= 4 is 18.0 Å². The first-order chi connectivity index (χ1) is 12.3. The van der Waals surface area contributed by atoms with Crippen molar-refractivity contribution in [3.63, 3.8) is 0 Å². The number of ether oxygens (including phenoxy) is 2. The Balaban J connectivity index is 1.91. The molecule has 0 N–H and O–H groups in total. The lowest BCUT2D eigenvalue weighted by Crippen LogP contribution is -2.14. The van der Waals surface area contributed by atoms with E-state index in [0.29, 0.717) is 5.69 Å². The third-order valence-electron chi connectivity index (χ3n) is 4.40. The lowest BCUT2D eigenvalue weighted by molar-refractivity contribution is 0.111. The molecule has 0 aliphatic carbocycles. The van der Waals surface area contributed by atoms with E-state index in [1.165, 1.54) is 0 Å². The summed E-state index contributed by atoms with van der Waals surface area (Å²) in [5.41, 5.74) is 3.81. The van der Waals surface area contributed by atoms with E-state index < -0.39 is 0 Å². The fourth-order valence-electron chi connectivity index (χ4n) is 3.23. The van der Waals surface area contributed by atoms with Crippen LogP contribution in [0, 0.1) is 0 Å². The van der Waals surface area contributed by atoms with Crippen LogP contribution in [0.3, 0.4) is 0 Å². The smallest absolute Gasteiger partial charge is 0.166 e. The van der Waals surface area contributed by atoms with Crippen molar-refractivity contribution in [1.29, 1.82) is 0 Å². The monoisotopic (exact) mass is 351 g/mol. The van der Waals surface area contributed by atoms with Crippen LogP contribution < -0.4 is 9.47 Å². The molecule has 126 valence electrons. The maximum Gasteiger partial charge on any atom is 0.166 e. The van der Waals surface area contributed by atoms with Crippen molar-refractivity contribution in [3.05, 3.63) is 71.5 Å². The van der Waals surface area contributed by atoms with Gasteiger partial charge < -0.3 is 14.0 Å². The van der Waals surface area contributed by atoms with Gasteiger partial charge in [-0.05, 0) is 30.3 Å². The highest BCUT2D eigenvalue weighted by molar-refractivity contribution is 8.00. The number of para-hydroxylation sites is 1. The maximum atomic E-state index is 11.5. The summed E-state index contributed by atoms with van der Waals surface area (Å²) in [5, 5.41) is 0.0319. The Bertz CT molecular complexity index is 948. The molecule has 0 bridgehead atoms. The van der Waals surface area contributed by atoms with Crippen molar-refractivity contribution in [3.8, 4) is 17.2 Å². The molecule has 4 rings (SSSR count). The van der Waals surface area contributed by atoms with Gasteiger partial charge in [-0.15, -0.1) is 11.8 Å². The van der Waals surface area contributed by atoms with E-state index in [1.807, 2.05) is 53.1 Å². The van der Waals surface area contributed by atoms with Gasteiger partial charge in [-0.1, -0.05) is 18.2 Å². The zero-order valence-corrected chi connectivity index (χ0v) is 14.7. The van der Waals surface area contributed by atoms with Gasteiger partial charge in [0.2, 0.25) is 0 Å². The summed E-state index contributed by atoms with van der Waals surface area (Å²) in [4.78, 5) is 12.7. The van der Waals surface area contributed by atoms with Crippen molar-refractivity contribution in [2.24, 2.45) is 0 Å². The Labute approximate surface area is 150 Å². The summed E-state index contributed by atoms with van der Waals surface area (Å²) in [6, 6.07) is 17.9. The van der Waals surface area contributed by atoms with Crippen LogP contribution in [0.1, 0.15) is 27.0 Å². The number of fused-ring (bicyclic) bond motifs is 3. The quantitative estimate of drug-likeness (QED) is 0.649. The Morgan fingerprint density at radius 1 is 1.04 bits per heavy atom. The molecule has 1 aliphatic heterocycles. The fourth-order valence-corrected chi connectivity index (χ4v) is 4.55. The molecule has 25 heavy (non-hydrogen) atoms. The van der Waals surface area contributed by atoms with Crippen LogP contribution in [0.4, 0.5) is 0 Å². The second-order valence-electron chi connectivity index (χ2n) is 5.71. The van der Waals surface area contributed by atoms with E-state index in [4.69, 9.17) is 9.47 Å². The van der Waals surface area contributed by atoms with Gasteiger partial charge in [0.25, 0.3) is 0 Å². The van der Waals surface area contributed by atoms with Gasteiger partial charge in [0.15, 0.2) is 6.29 Å². The first kappa shape index (κ1) is 15.8. The molecule has 0 fully saturated rings. The van der Waals surface area contributed by atoms with Crippen LogP contribution in [0.25, 0.3) is 5.69 Å². The number of hydrogen-bond donors (Lipinski definition) is 0. The Hall–Kier alpha value is -2.66. The molecule has 0 saturated heterocycles. The van der Waals surface area contributed by atoms with E-state index in [9.17, 15) is 4.79 Å². The molecule has 1 aliphatic rings. The lowest BCUT2D eigenvalue weighted by Gasteiger charge is -2.28. The van der Waals surface area contributed by atoms with Crippen molar-refractivity contribution in [1.82, 2.24) is 4.57 Å². The molecule has 1 atom stereocenters. The van der Waals surface area contributed by atoms with Crippen LogP contribution in [-0.2, 0) is 0 Å². The molecular formula is C20H17NO3S. The summed E-state index contributed by atoms with van der Waals surface area (Å²) in [7, 11) is 3.30. The van der Waals surface area contributed by atoms with E-state index in [-0.39, 0.29) is 5.25 Å². The van der Waals surface area contributed by atoms with E-state index in [2.05, 4.69) is 6.07 Å². The minimum atomic E-state index is 0.0319. The number of aromatic nitrogens is 1. The standard InChI is InChI=1S/C20H17NO3S/c1-23-14-8-9-15(18(11-14)24-2)20-17-10-7-13(12-22)21(17)16-5-3-4-6-19(16)25-20/h3-12,20H,1-2H3. The SMILES string of the molecule is COc1ccc(C2Sc3ccccc3-n3c(C=O)ccc32)c(OC)c1. The first-order valence-electron chi connectivity index (χ1n) is 7.91. The third kappa shape index (κ3) is 2.51. The molecule has 1 aromatic heterocycles. The topological polar surface area (TPSA) is 40.5 Å². The van der Waals surface area contributed by atoms with Gasteiger partial charge in [0.05, 0.1) is 30.9 Å². The molecule has 0 spiro atoms. The summed E-state index contributed by atoms with van der Waals surface area (Å²) in [5.74, 6) is 1.53. The van der Waals surface area contributed by atoms with Crippen LogP contribution in [0.15, 0.2) is 59.5 Å². The highest BCUT2D eigenvalue weighted by Gasteiger charge is 2.30. The lowest BCUT2D eigenvalue weighted by atomic mass is 10.1. The van der Waals surface area contributed by atoms with Gasteiger partial charge in [-0.25, -0.2) is 0 Å². The second kappa shape index (κ2) is 6.33. The van der Waals surface area contributed by atoms with Gasteiger partial charge in [0.1, 0.15) is 11.5 Å². The van der Waals surface area contributed by atoms with Gasteiger partial charge in [-0.3, -0.25) is 4.79 Å². The molecule has 5 heteroatoms. The van der Waals surface area contributed by atoms with Gasteiger partial charge in [-0.2, -0.15) is 0 Å². The number of aldehydes is 1. The molecule has 3 aromatic rings. The zero-order valence-electron chi connectivity index (χ0n) is 13.9. The predicted octanol–water partition coefficient (Wildman–Crippen LogP) is 4.50. The number of hydrogen-bond acceptors (Lipinski definition) is 4. The first-order valence-corrected chi connectivity index (χ1v) is 8.79. The number of thioether (sulfide) groups is 1. The van der Waals surface area contributed by atoms with E-state index >= 15 is 0 Å².